The van der Waals surface area contributed by atoms with Crippen molar-refractivity contribution in [1.82, 2.24) is 9.88 Å². The molecule has 2 unspecified atom stereocenters. The highest BCUT2D eigenvalue weighted by Crippen LogP contribution is 2.28. The second-order valence-corrected chi connectivity index (χ2v) is 6.51. The van der Waals surface area contributed by atoms with E-state index in [0.29, 0.717) is 17.3 Å². The topological polar surface area (TPSA) is 60.1 Å². The van der Waals surface area contributed by atoms with Gasteiger partial charge >= 0.3 is 0 Å². The zero-order valence-electron chi connectivity index (χ0n) is 12.9. The molecule has 1 heterocycles. The molecule has 2 rings (SSSR count). The molecule has 0 spiro atoms. The lowest BCUT2D eigenvalue weighted by molar-refractivity contribution is 0.0930. The van der Waals surface area contributed by atoms with Gasteiger partial charge < -0.3 is 15.6 Å². The maximum absolute atomic E-state index is 12.3. The Balaban J connectivity index is 1.95. The van der Waals surface area contributed by atoms with Crippen LogP contribution in [0.15, 0.2) is 12.3 Å². The maximum Gasteiger partial charge on any atom is 0.268 e. The standard InChI is InChI=1S/C16H27N3O/c1-11(2)19-10-14(17)8-15(19)16(20)18-9-13-6-4-5-12(3)7-13/h8,10-13H,4-7,9,17H2,1-3H3,(H,18,20). The van der Waals surface area contributed by atoms with Gasteiger partial charge in [0, 0.05) is 18.8 Å². The van der Waals surface area contributed by atoms with E-state index in [1.54, 1.807) is 6.07 Å². The van der Waals surface area contributed by atoms with Crippen LogP contribution in [0.2, 0.25) is 0 Å². The van der Waals surface area contributed by atoms with Crippen molar-refractivity contribution in [2.45, 2.75) is 52.5 Å². The van der Waals surface area contributed by atoms with Gasteiger partial charge in [0.2, 0.25) is 0 Å². The zero-order valence-corrected chi connectivity index (χ0v) is 12.9. The van der Waals surface area contributed by atoms with Crippen molar-refractivity contribution in [3.8, 4) is 0 Å². The van der Waals surface area contributed by atoms with Crippen LogP contribution < -0.4 is 11.1 Å². The molecular formula is C16H27N3O. The van der Waals surface area contributed by atoms with Gasteiger partial charge in [-0.2, -0.15) is 0 Å². The first-order valence-corrected chi connectivity index (χ1v) is 7.73. The average Bonchev–Trinajstić information content (AvgIpc) is 2.78. The summed E-state index contributed by atoms with van der Waals surface area (Å²) in [6, 6.07) is 2.00. The summed E-state index contributed by atoms with van der Waals surface area (Å²) in [4.78, 5) is 12.3. The van der Waals surface area contributed by atoms with Gasteiger partial charge in [0.25, 0.3) is 5.91 Å². The summed E-state index contributed by atoms with van der Waals surface area (Å²) in [6.07, 6.45) is 6.92. The van der Waals surface area contributed by atoms with E-state index in [2.05, 4.69) is 26.1 Å². The molecule has 1 aliphatic rings. The van der Waals surface area contributed by atoms with Gasteiger partial charge in [0.05, 0.1) is 5.69 Å². The smallest absolute Gasteiger partial charge is 0.268 e. The SMILES string of the molecule is CC1CCCC(CNC(=O)c2cc(N)cn2C(C)C)C1. The number of nitrogens with two attached hydrogens (primary N) is 1. The van der Waals surface area contributed by atoms with E-state index >= 15 is 0 Å². The van der Waals surface area contributed by atoms with Crippen molar-refractivity contribution in [3.05, 3.63) is 18.0 Å². The molecule has 2 atom stereocenters. The number of amides is 1. The Morgan fingerprint density at radius 2 is 2.25 bits per heavy atom. The second-order valence-electron chi connectivity index (χ2n) is 6.51. The molecule has 112 valence electrons. The Morgan fingerprint density at radius 3 is 2.90 bits per heavy atom. The Morgan fingerprint density at radius 1 is 1.50 bits per heavy atom. The highest BCUT2D eigenvalue weighted by atomic mass is 16.1. The molecule has 1 aromatic rings. The third kappa shape index (κ3) is 3.56. The first-order valence-electron chi connectivity index (χ1n) is 7.73. The van der Waals surface area contributed by atoms with Crippen LogP contribution in [0.25, 0.3) is 0 Å². The summed E-state index contributed by atoms with van der Waals surface area (Å²) in [7, 11) is 0. The van der Waals surface area contributed by atoms with Crippen LogP contribution in [0.4, 0.5) is 5.69 Å². The van der Waals surface area contributed by atoms with E-state index in [9.17, 15) is 4.79 Å². The Hall–Kier alpha value is -1.45. The summed E-state index contributed by atoms with van der Waals surface area (Å²) in [5, 5.41) is 3.08. The number of aromatic nitrogens is 1. The van der Waals surface area contributed by atoms with Crippen molar-refractivity contribution >= 4 is 11.6 Å². The van der Waals surface area contributed by atoms with Crippen LogP contribution >= 0.6 is 0 Å². The van der Waals surface area contributed by atoms with Gasteiger partial charge in [-0.05, 0) is 44.6 Å². The van der Waals surface area contributed by atoms with E-state index in [0.717, 1.165) is 12.5 Å². The average molecular weight is 277 g/mol. The van der Waals surface area contributed by atoms with Crippen LogP contribution in [0.5, 0.6) is 0 Å². The molecule has 0 bridgehead atoms. The molecule has 0 aliphatic heterocycles. The van der Waals surface area contributed by atoms with Gasteiger partial charge in [-0.3, -0.25) is 4.79 Å². The van der Waals surface area contributed by atoms with E-state index in [1.165, 1.54) is 25.7 Å². The molecular weight excluding hydrogens is 250 g/mol. The molecule has 1 aliphatic carbocycles. The number of nitrogens with one attached hydrogen (secondary N) is 1. The molecule has 1 aromatic heterocycles. The molecule has 1 amide bonds. The minimum atomic E-state index is -0.00590. The summed E-state index contributed by atoms with van der Waals surface area (Å²) < 4.78 is 1.94. The molecule has 0 aromatic carbocycles. The molecule has 20 heavy (non-hydrogen) atoms. The molecule has 3 N–H and O–H groups in total. The first-order chi connectivity index (χ1) is 9.47. The van der Waals surface area contributed by atoms with Gasteiger partial charge in [-0.15, -0.1) is 0 Å². The minimum Gasteiger partial charge on any atom is -0.397 e. The molecule has 1 saturated carbocycles. The van der Waals surface area contributed by atoms with Crippen LogP contribution in [0.1, 0.15) is 63.0 Å². The van der Waals surface area contributed by atoms with Crippen molar-refractivity contribution in [2.75, 3.05) is 12.3 Å². The highest BCUT2D eigenvalue weighted by molar-refractivity contribution is 5.93. The number of nitrogen functional groups attached to an aromatic ring is 1. The molecule has 0 radical (unpaired) electrons. The Bertz CT molecular complexity index is 464. The number of hydrogen-bond donors (Lipinski definition) is 2. The number of carbonyl (C=O) groups is 1. The lowest BCUT2D eigenvalue weighted by Crippen LogP contribution is -2.32. The second kappa shape index (κ2) is 6.33. The number of hydrogen-bond acceptors (Lipinski definition) is 2. The third-order valence-corrected chi connectivity index (χ3v) is 4.25. The van der Waals surface area contributed by atoms with Crippen LogP contribution in [-0.2, 0) is 0 Å². The van der Waals surface area contributed by atoms with E-state index in [-0.39, 0.29) is 11.9 Å². The van der Waals surface area contributed by atoms with Crippen molar-refractivity contribution in [3.63, 3.8) is 0 Å². The summed E-state index contributed by atoms with van der Waals surface area (Å²) in [5.41, 5.74) is 7.13. The van der Waals surface area contributed by atoms with Crippen molar-refractivity contribution < 1.29 is 4.79 Å². The van der Waals surface area contributed by atoms with Crippen LogP contribution in [0.3, 0.4) is 0 Å². The minimum absolute atomic E-state index is 0.00590. The predicted molar refractivity (Wildman–Crippen MR) is 82.7 cm³/mol. The maximum atomic E-state index is 12.3. The Labute approximate surface area is 121 Å². The number of anilines is 1. The molecule has 0 saturated heterocycles. The van der Waals surface area contributed by atoms with Crippen molar-refractivity contribution in [1.29, 1.82) is 0 Å². The fourth-order valence-corrected chi connectivity index (χ4v) is 3.18. The van der Waals surface area contributed by atoms with Gasteiger partial charge in [-0.1, -0.05) is 19.8 Å². The van der Waals surface area contributed by atoms with Crippen molar-refractivity contribution in [2.24, 2.45) is 11.8 Å². The van der Waals surface area contributed by atoms with Crippen LogP contribution in [0, 0.1) is 11.8 Å². The molecule has 4 heteroatoms. The van der Waals surface area contributed by atoms with E-state index in [1.807, 2.05) is 10.8 Å². The first kappa shape index (κ1) is 14.9. The molecule has 4 nitrogen and oxygen atoms in total. The third-order valence-electron chi connectivity index (χ3n) is 4.25. The van der Waals surface area contributed by atoms with Crippen LogP contribution in [-0.4, -0.2) is 17.0 Å². The Kier molecular flexibility index (Phi) is 4.73. The van der Waals surface area contributed by atoms with Gasteiger partial charge in [0.1, 0.15) is 5.69 Å². The highest BCUT2D eigenvalue weighted by Gasteiger charge is 2.20. The number of nitrogens with zero attached hydrogens (tertiary/aromatic N) is 1. The van der Waals surface area contributed by atoms with E-state index in [4.69, 9.17) is 5.73 Å². The van der Waals surface area contributed by atoms with Gasteiger partial charge in [0.15, 0.2) is 0 Å². The summed E-state index contributed by atoms with van der Waals surface area (Å²) in [5.74, 6) is 1.41. The lowest BCUT2D eigenvalue weighted by Gasteiger charge is -2.26. The molecule has 1 fully saturated rings. The van der Waals surface area contributed by atoms with E-state index < -0.39 is 0 Å². The zero-order chi connectivity index (χ0) is 14.7. The summed E-state index contributed by atoms with van der Waals surface area (Å²) in [6.45, 7) is 7.20. The number of rotatable bonds is 4. The fraction of sp³-hybridized carbons (Fsp3) is 0.688. The number of carbonyl (C=O) groups excluding carboxylic acids is 1. The summed E-state index contributed by atoms with van der Waals surface area (Å²) >= 11 is 0. The monoisotopic (exact) mass is 277 g/mol. The lowest BCUT2D eigenvalue weighted by atomic mass is 9.82. The predicted octanol–water partition coefficient (Wildman–Crippen LogP) is 3.21. The van der Waals surface area contributed by atoms with Gasteiger partial charge in [-0.25, -0.2) is 0 Å². The normalized spacial score (nSPS) is 23.0. The fourth-order valence-electron chi connectivity index (χ4n) is 3.18. The largest absolute Gasteiger partial charge is 0.397 e. The quantitative estimate of drug-likeness (QED) is 0.887.